The van der Waals surface area contributed by atoms with E-state index in [1.807, 2.05) is 19.1 Å². The van der Waals surface area contributed by atoms with Crippen molar-refractivity contribution in [2.45, 2.75) is 6.92 Å². The Morgan fingerprint density at radius 1 is 1.07 bits per heavy atom. The van der Waals surface area contributed by atoms with Gasteiger partial charge in [-0.05, 0) is 48.9 Å². The number of amides is 1. The molecule has 0 fully saturated rings. The summed E-state index contributed by atoms with van der Waals surface area (Å²) >= 11 is 6.18. The number of anilines is 1. The van der Waals surface area contributed by atoms with Crippen LogP contribution in [0.25, 0.3) is 16.7 Å². The highest BCUT2D eigenvalue weighted by Gasteiger charge is 2.13. The second-order valence-corrected chi connectivity index (χ2v) is 6.80. The van der Waals surface area contributed by atoms with E-state index in [9.17, 15) is 14.9 Å². The summed E-state index contributed by atoms with van der Waals surface area (Å²) in [6.45, 7) is 1.91. The highest BCUT2D eigenvalue weighted by atomic mass is 35.5. The van der Waals surface area contributed by atoms with Crippen molar-refractivity contribution in [2.75, 3.05) is 5.32 Å². The van der Waals surface area contributed by atoms with Crippen LogP contribution in [0, 0.1) is 17.0 Å². The number of rotatable bonds is 4. The zero-order valence-electron chi connectivity index (χ0n) is 15.2. The molecule has 0 atom stereocenters. The van der Waals surface area contributed by atoms with Crippen LogP contribution in [0.4, 0.5) is 11.4 Å². The van der Waals surface area contributed by atoms with E-state index >= 15 is 0 Å². The van der Waals surface area contributed by atoms with Gasteiger partial charge in [-0.25, -0.2) is 0 Å². The minimum Gasteiger partial charge on any atom is -0.322 e. The molecule has 4 aromatic rings. The average Bonchev–Trinajstić information content (AvgIpc) is 3.13. The van der Waals surface area contributed by atoms with Gasteiger partial charge >= 0.3 is 0 Å². The van der Waals surface area contributed by atoms with Gasteiger partial charge in [-0.15, -0.1) is 10.2 Å². The molecule has 4 rings (SSSR count). The molecule has 1 N–H and O–H groups in total. The summed E-state index contributed by atoms with van der Waals surface area (Å²) in [6.07, 6.45) is 0. The molecular weight excluding hydrogens is 394 g/mol. The molecule has 0 spiro atoms. The molecule has 144 valence electrons. The minimum atomic E-state index is -0.543. The number of nitrogens with zero attached hydrogens (tertiary/aromatic N) is 4. The van der Waals surface area contributed by atoms with Crippen LogP contribution in [0.2, 0.25) is 5.02 Å². The molecule has 0 aliphatic carbocycles. The Morgan fingerprint density at radius 3 is 2.62 bits per heavy atom. The second-order valence-electron chi connectivity index (χ2n) is 6.39. The number of non-ortho nitro benzene ring substituents is 1. The van der Waals surface area contributed by atoms with E-state index in [2.05, 4.69) is 15.5 Å². The van der Waals surface area contributed by atoms with E-state index < -0.39 is 10.8 Å². The zero-order chi connectivity index (χ0) is 20.5. The number of nitro groups is 1. The number of benzene rings is 3. The van der Waals surface area contributed by atoms with Gasteiger partial charge in [0.2, 0.25) is 0 Å². The molecular formula is C20H14ClN5O3. The normalized spacial score (nSPS) is 10.8. The summed E-state index contributed by atoms with van der Waals surface area (Å²) in [6, 6.07) is 16.2. The van der Waals surface area contributed by atoms with E-state index in [1.54, 1.807) is 24.3 Å². The molecule has 8 nitrogen and oxygen atoms in total. The molecule has 1 heterocycles. The standard InChI is InChI=1S/C20H14ClN5O3/c1-12-5-7-15(11-17(12)21)25-23-18-8-6-14(10-19(18)24-25)22-20(27)13-3-2-4-16(9-13)26(28)29/h2-11H,1H3,(H,22,27). The van der Waals surface area contributed by atoms with E-state index in [1.165, 1.54) is 29.1 Å². The first-order valence-corrected chi connectivity index (χ1v) is 8.98. The quantitative estimate of drug-likeness (QED) is 0.395. The zero-order valence-corrected chi connectivity index (χ0v) is 15.9. The number of carbonyl (C=O) groups excluding carboxylic acids is 1. The van der Waals surface area contributed by atoms with E-state index in [0.717, 1.165) is 11.3 Å². The highest BCUT2D eigenvalue weighted by molar-refractivity contribution is 6.31. The fourth-order valence-electron chi connectivity index (χ4n) is 2.78. The Hall–Kier alpha value is -3.78. The van der Waals surface area contributed by atoms with Gasteiger partial charge < -0.3 is 5.32 Å². The largest absolute Gasteiger partial charge is 0.322 e. The topological polar surface area (TPSA) is 103 Å². The van der Waals surface area contributed by atoms with Crippen LogP contribution in [0.15, 0.2) is 60.7 Å². The van der Waals surface area contributed by atoms with Crippen LogP contribution in [0.5, 0.6) is 0 Å². The summed E-state index contributed by atoms with van der Waals surface area (Å²) in [5, 5.41) is 23.1. The first kappa shape index (κ1) is 18.6. The number of nitro benzene ring substituents is 1. The molecule has 1 aromatic heterocycles. The summed E-state index contributed by atoms with van der Waals surface area (Å²) in [4.78, 5) is 24.3. The fourth-order valence-corrected chi connectivity index (χ4v) is 2.95. The molecule has 0 saturated carbocycles. The number of nitrogens with one attached hydrogen (secondary N) is 1. The third-order valence-electron chi connectivity index (χ3n) is 4.34. The van der Waals surface area contributed by atoms with Crippen LogP contribution >= 0.6 is 11.6 Å². The van der Waals surface area contributed by atoms with Gasteiger partial charge in [-0.2, -0.15) is 4.80 Å². The third-order valence-corrected chi connectivity index (χ3v) is 4.75. The lowest BCUT2D eigenvalue weighted by Crippen LogP contribution is -2.12. The monoisotopic (exact) mass is 407 g/mol. The number of carbonyl (C=O) groups is 1. The van der Waals surface area contributed by atoms with Gasteiger partial charge in [0.05, 0.1) is 10.6 Å². The smallest absolute Gasteiger partial charge is 0.270 e. The van der Waals surface area contributed by atoms with Crippen LogP contribution in [0.1, 0.15) is 15.9 Å². The van der Waals surface area contributed by atoms with Gasteiger partial charge in [0.1, 0.15) is 11.0 Å². The van der Waals surface area contributed by atoms with Crippen molar-refractivity contribution in [1.82, 2.24) is 15.0 Å². The summed E-state index contributed by atoms with van der Waals surface area (Å²) in [7, 11) is 0. The molecule has 1 amide bonds. The molecule has 9 heteroatoms. The third kappa shape index (κ3) is 3.78. The van der Waals surface area contributed by atoms with Gasteiger partial charge in [-0.3, -0.25) is 14.9 Å². The lowest BCUT2D eigenvalue weighted by molar-refractivity contribution is -0.384. The van der Waals surface area contributed by atoms with Gasteiger partial charge in [0, 0.05) is 28.4 Å². The molecule has 0 aliphatic rings. The van der Waals surface area contributed by atoms with Crippen LogP contribution in [0.3, 0.4) is 0 Å². The Kier molecular flexibility index (Phi) is 4.69. The Labute approximate surface area is 169 Å². The van der Waals surface area contributed by atoms with E-state index in [4.69, 9.17) is 11.6 Å². The summed E-state index contributed by atoms with van der Waals surface area (Å²) in [5.41, 5.74) is 3.46. The minimum absolute atomic E-state index is 0.146. The summed E-state index contributed by atoms with van der Waals surface area (Å²) < 4.78 is 0. The predicted molar refractivity (Wildman–Crippen MR) is 110 cm³/mol. The van der Waals surface area contributed by atoms with Crippen LogP contribution in [-0.2, 0) is 0 Å². The van der Waals surface area contributed by atoms with Crippen molar-refractivity contribution in [2.24, 2.45) is 0 Å². The predicted octanol–water partition coefficient (Wildman–Crippen LogP) is 4.54. The maximum absolute atomic E-state index is 12.4. The SMILES string of the molecule is Cc1ccc(-n2nc3ccc(NC(=O)c4cccc([N+](=O)[O-])c4)cc3n2)cc1Cl. The van der Waals surface area contributed by atoms with Crippen LogP contribution in [-0.4, -0.2) is 25.8 Å². The van der Waals surface area contributed by atoms with Crippen LogP contribution < -0.4 is 5.32 Å². The molecule has 0 bridgehead atoms. The molecule has 3 aromatic carbocycles. The number of hydrogen-bond acceptors (Lipinski definition) is 5. The first-order chi connectivity index (χ1) is 13.9. The number of aromatic nitrogens is 3. The molecule has 0 saturated heterocycles. The fraction of sp³-hybridized carbons (Fsp3) is 0.0500. The molecule has 0 unspecified atom stereocenters. The van der Waals surface area contributed by atoms with E-state index in [0.29, 0.717) is 21.7 Å². The number of hydrogen-bond donors (Lipinski definition) is 1. The maximum atomic E-state index is 12.4. The number of aryl methyl sites for hydroxylation is 1. The van der Waals surface area contributed by atoms with Crippen molar-refractivity contribution in [3.63, 3.8) is 0 Å². The van der Waals surface area contributed by atoms with Crippen molar-refractivity contribution in [3.05, 3.63) is 86.9 Å². The lowest BCUT2D eigenvalue weighted by Gasteiger charge is -2.04. The van der Waals surface area contributed by atoms with Gasteiger partial charge in [-0.1, -0.05) is 23.7 Å². The second kappa shape index (κ2) is 7.33. The first-order valence-electron chi connectivity index (χ1n) is 8.60. The lowest BCUT2D eigenvalue weighted by atomic mass is 10.2. The Bertz CT molecular complexity index is 1270. The molecule has 29 heavy (non-hydrogen) atoms. The molecule has 0 aliphatic heterocycles. The Balaban J connectivity index is 1.60. The highest BCUT2D eigenvalue weighted by Crippen LogP contribution is 2.22. The van der Waals surface area contributed by atoms with Crippen molar-refractivity contribution in [3.8, 4) is 5.69 Å². The summed E-state index contributed by atoms with van der Waals surface area (Å²) in [5.74, 6) is -0.453. The van der Waals surface area contributed by atoms with Crippen molar-refractivity contribution >= 4 is 39.9 Å². The number of fused-ring (bicyclic) bond motifs is 1. The van der Waals surface area contributed by atoms with Crippen molar-refractivity contribution < 1.29 is 9.72 Å². The molecule has 0 radical (unpaired) electrons. The maximum Gasteiger partial charge on any atom is 0.270 e. The average molecular weight is 408 g/mol. The van der Waals surface area contributed by atoms with Gasteiger partial charge in [0.15, 0.2) is 0 Å². The number of halogens is 1. The van der Waals surface area contributed by atoms with Crippen molar-refractivity contribution in [1.29, 1.82) is 0 Å². The Morgan fingerprint density at radius 2 is 1.86 bits per heavy atom. The van der Waals surface area contributed by atoms with E-state index in [-0.39, 0.29) is 11.3 Å². The van der Waals surface area contributed by atoms with Gasteiger partial charge in [0.25, 0.3) is 11.6 Å².